The molecule has 0 aliphatic rings. The molecule has 0 rings (SSSR count). The first-order valence-corrected chi connectivity index (χ1v) is 5.37. The highest BCUT2D eigenvalue weighted by molar-refractivity contribution is 4.71. The molecule has 0 bridgehead atoms. The molecule has 0 saturated carbocycles. The lowest BCUT2D eigenvalue weighted by Crippen LogP contribution is -2.39. The van der Waals surface area contributed by atoms with E-state index >= 15 is 0 Å². The molecule has 0 amide bonds. The van der Waals surface area contributed by atoms with E-state index in [0.29, 0.717) is 6.04 Å². The Morgan fingerprint density at radius 3 is 2.00 bits per heavy atom. The quantitative estimate of drug-likeness (QED) is 0.647. The van der Waals surface area contributed by atoms with Gasteiger partial charge in [-0.25, -0.2) is 0 Å². The van der Waals surface area contributed by atoms with Gasteiger partial charge in [0, 0.05) is 12.1 Å². The van der Waals surface area contributed by atoms with Crippen LogP contribution in [0.2, 0.25) is 0 Å². The molecule has 0 radical (unpaired) electrons. The Labute approximate surface area is 77.9 Å². The summed E-state index contributed by atoms with van der Waals surface area (Å²) in [6.07, 6.45) is 3.86. The highest BCUT2D eigenvalue weighted by Crippen LogP contribution is 2.06. The van der Waals surface area contributed by atoms with Crippen LogP contribution in [0.1, 0.15) is 53.9 Å². The second-order valence-corrected chi connectivity index (χ2v) is 4.09. The van der Waals surface area contributed by atoms with Crippen molar-refractivity contribution >= 4 is 0 Å². The van der Waals surface area contributed by atoms with Crippen LogP contribution in [-0.4, -0.2) is 12.1 Å². The molecule has 2 unspecified atom stereocenters. The normalized spacial score (nSPS) is 16.5. The number of nitrogens with one attached hydrogen (secondary N) is 1. The molecule has 0 spiro atoms. The zero-order chi connectivity index (χ0) is 9.56. The predicted molar refractivity (Wildman–Crippen MR) is 56.4 cm³/mol. The van der Waals surface area contributed by atoms with Crippen molar-refractivity contribution in [1.29, 1.82) is 0 Å². The fourth-order valence-corrected chi connectivity index (χ4v) is 1.32. The topological polar surface area (TPSA) is 12.0 Å². The van der Waals surface area contributed by atoms with E-state index in [0.717, 1.165) is 12.0 Å². The molecular weight excluding hydrogens is 146 g/mol. The number of hydrogen-bond acceptors (Lipinski definition) is 1. The predicted octanol–water partition coefficient (Wildman–Crippen LogP) is 3.20. The van der Waals surface area contributed by atoms with E-state index in [9.17, 15) is 0 Å². The summed E-state index contributed by atoms with van der Waals surface area (Å²) in [6, 6.07) is 1.38. The van der Waals surface area contributed by atoms with Gasteiger partial charge in [-0.05, 0) is 25.7 Å². The van der Waals surface area contributed by atoms with Crippen LogP contribution in [0.5, 0.6) is 0 Å². The minimum atomic E-state index is 0.654. The van der Waals surface area contributed by atoms with E-state index in [-0.39, 0.29) is 0 Å². The maximum atomic E-state index is 3.67. The Morgan fingerprint density at radius 2 is 1.67 bits per heavy atom. The molecule has 0 aliphatic heterocycles. The van der Waals surface area contributed by atoms with Crippen molar-refractivity contribution < 1.29 is 0 Å². The van der Waals surface area contributed by atoms with Crippen LogP contribution >= 0.6 is 0 Å². The Morgan fingerprint density at radius 1 is 1.08 bits per heavy atom. The Hall–Kier alpha value is -0.0400. The summed E-state index contributed by atoms with van der Waals surface area (Å²) >= 11 is 0. The van der Waals surface area contributed by atoms with Gasteiger partial charge in [0.1, 0.15) is 0 Å². The van der Waals surface area contributed by atoms with Gasteiger partial charge >= 0.3 is 0 Å². The highest BCUT2D eigenvalue weighted by atomic mass is 14.9. The average Bonchev–Trinajstić information content (AvgIpc) is 2.03. The van der Waals surface area contributed by atoms with E-state index in [4.69, 9.17) is 0 Å². The van der Waals surface area contributed by atoms with Crippen LogP contribution in [0, 0.1) is 5.92 Å². The molecule has 1 nitrogen and oxygen atoms in total. The summed E-state index contributed by atoms with van der Waals surface area (Å²) in [7, 11) is 0. The fraction of sp³-hybridized carbons (Fsp3) is 1.00. The summed E-state index contributed by atoms with van der Waals surface area (Å²) in [5.41, 5.74) is 0. The molecule has 0 aliphatic carbocycles. The SMILES string of the molecule is CCCC(CC)NC(C)C(C)C. The van der Waals surface area contributed by atoms with Crippen molar-refractivity contribution in [2.75, 3.05) is 0 Å². The van der Waals surface area contributed by atoms with Crippen LogP contribution in [0.3, 0.4) is 0 Å². The molecule has 0 aromatic rings. The molecule has 0 saturated heterocycles. The molecule has 1 N–H and O–H groups in total. The molecular formula is C11H25N. The van der Waals surface area contributed by atoms with E-state index in [2.05, 4.69) is 39.9 Å². The standard InChI is InChI=1S/C11H25N/c1-6-8-11(7-2)12-10(5)9(3)4/h9-12H,6-8H2,1-5H3. The lowest BCUT2D eigenvalue weighted by molar-refractivity contribution is 0.351. The smallest absolute Gasteiger partial charge is 0.00669 e. The Bertz CT molecular complexity index is 99.2. The zero-order valence-electron chi connectivity index (χ0n) is 9.35. The van der Waals surface area contributed by atoms with Gasteiger partial charge in [-0.2, -0.15) is 0 Å². The summed E-state index contributed by atoms with van der Waals surface area (Å²) in [4.78, 5) is 0. The van der Waals surface area contributed by atoms with Crippen molar-refractivity contribution in [3.8, 4) is 0 Å². The first-order chi connectivity index (χ1) is 5.61. The largest absolute Gasteiger partial charge is 0.311 e. The monoisotopic (exact) mass is 171 g/mol. The average molecular weight is 171 g/mol. The van der Waals surface area contributed by atoms with E-state index in [1.54, 1.807) is 0 Å². The first kappa shape index (κ1) is 12.0. The minimum absolute atomic E-state index is 0.654. The van der Waals surface area contributed by atoms with Crippen molar-refractivity contribution in [2.24, 2.45) is 5.92 Å². The van der Waals surface area contributed by atoms with Gasteiger partial charge in [0.2, 0.25) is 0 Å². The third-order valence-electron chi connectivity index (χ3n) is 2.63. The van der Waals surface area contributed by atoms with Crippen LogP contribution in [0.4, 0.5) is 0 Å². The molecule has 0 aromatic heterocycles. The third-order valence-corrected chi connectivity index (χ3v) is 2.63. The molecule has 2 atom stereocenters. The Balaban J connectivity index is 3.68. The van der Waals surface area contributed by atoms with Gasteiger partial charge in [0.25, 0.3) is 0 Å². The summed E-state index contributed by atoms with van der Waals surface area (Å²) in [5, 5.41) is 3.67. The Kier molecular flexibility index (Phi) is 6.45. The minimum Gasteiger partial charge on any atom is -0.311 e. The van der Waals surface area contributed by atoms with E-state index in [1.807, 2.05) is 0 Å². The third kappa shape index (κ3) is 4.76. The molecule has 0 heterocycles. The van der Waals surface area contributed by atoms with E-state index in [1.165, 1.54) is 19.3 Å². The van der Waals surface area contributed by atoms with Crippen LogP contribution in [-0.2, 0) is 0 Å². The lowest BCUT2D eigenvalue weighted by atomic mass is 10.0. The van der Waals surface area contributed by atoms with Crippen molar-refractivity contribution in [1.82, 2.24) is 5.32 Å². The molecule has 0 aromatic carbocycles. The second kappa shape index (κ2) is 6.47. The highest BCUT2D eigenvalue weighted by Gasteiger charge is 2.11. The van der Waals surface area contributed by atoms with Crippen LogP contribution in [0.25, 0.3) is 0 Å². The molecule has 0 fully saturated rings. The van der Waals surface area contributed by atoms with Crippen molar-refractivity contribution in [3.05, 3.63) is 0 Å². The second-order valence-electron chi connectivity index (χ2n) is 4.09. The molecule has 12 heavy (non-hydrogen) atoms. The van der Waals surface area contributed by atoms with Crippen molar-refractivity contribution in [3.63, 3.8) is 0 Å². The van der Waals surface area contributed by atoms with Crippen LogP contribution < -0.4 is 5.32 Å². The van der Waals surface area contributed by atoms with Gasteiger partial charge in [0.15, 0.2) is 0 Å². The number of rotatable bonds is 6. The first-order valence-electron chi connectivity index (χ1n) is 5.37. The maximum Gasteiger partial charge on any atom is 0.00669 e. The van der Waals surface area contributed by atoms with Gasteiger partial charge in [-0.15, -0.1) is 0 Å². The zero-order valence-corrected chi connectivity index (χ0v) is 9.35. The molecule has 74 valence electrons. The summed E-state index contributed by atoms with van der Waals surface area (Å²) in [6.45, 7) is 11.3. The van der Waals surface area contributed by atoms with Crippen LogP contribution in [0.15, 0.2) is 0 Å². The maximum absolute atomic E-state index is 3.67. The fourth-order valence-electron chi connectivity index (χ4n) is 1.32. The van der Waals surface area contributed by atoms with Gasteiger partial charge in [0.05, 0.1) is 0 Å². The number of hydrogen-bond donors (Lipinski definition) is 1. The lowest BCUT2D eigenvalue weighted by Gasteiger charge is -2.24. The molecule has 1 heteroatoms. The van der Waals surface area contributed by atoms with Crippen molar-refractivity contribution in [2.45, 2.75) is 66.0 Å². The summed E-state index contributed by atoms with van der Waals surface area (Å²) < 4.78 is 0. The van der Waals surface area contributed by atoms with Gasteiger partial charge in [-0.1, -0.05) is 34.1 Å². The van der Waals surface area contributed by atoms with Gasteiger partial charge < -0.3 is 5.32 Å². The van der Waals surface area contributed by atoms with Gasteiger partial charge in [-0.3, -0.25) is 0 Å². The van der Waals surface area contributed by atoms with E-state index < -0.39 is 0 Å². The summed E-state index contributed by atoms with van der Waals surface area (Å²) in [5.74, 6) is 0.746.